The van der Waals surface area contributed by atoms with Crippen LogP contribution in [0.15, 0.2) is 36.4 Å². The van der Waals surface area contributed by atoms with E-state index in [9.17, 15) is 8.78 Å². The van der Waals surface area contributed by atoms with Crippen LogP contribution in [0.25, 0.3) is 0 Å². The van der Waals surface area contributed by atoms with Gasteiger partial charge >= 0.3 is 0 Å². The Morgan fingerprint density at radius 1 is 1.15 bits per heavy atom. The first kappa shape index (κ1) is 15.0. The van der Waals surface area contributed by atoms with Crippen LogP contribution in [0.4, 0.5) is 8.78 Å². The van der Waals surface area contributed by atoms with E-state index in [4.69, 9.17) is 4.74 Å². The molecular weight excluding hydrogens is 258 g/mol. The highest BCUT2D eigenvalue weighted by atomic mass is 19.3. The van der Waals surface area contributed by atoms with Crippen LogP contribution in [-0.2, 0) is 0 Å². The molecule has 1 aromatic carbocycles. The van der Waals surface area contributed by atoms with Gasteiger partial charge in [-0.2, -0.15) is 8.78 Å². The average Bonchev–Trinajstić information content (AvgIpc) is 2.46. The number of rotatable bonds is 5. The third kappa shape index (κ3) is 4.32. The van der Waals surface area contributed by atoms with Crippen LogP contribution >= 0.6 is 0 Å². The molecule has 0 spiro atoms. The third-order valence-corrected chi connectivity index (χ3v) is 3.96. The van der Waals surface area contributed by atoms with E-state index in [2.05, 4.69) is 19.1 Å². The second kappa shape index (κ2) is 7.41. The summed E-state index contributed by atoms with van der Waals surface area (Å²) in [5.41, 5.74) is 1.30. The molecule has 0 saturated heterocycles. The van der Waals surface area contributed by atoms with Gasteiger partial charge in [-0.05, 0) is 67.7 Å². The Bertz CT molecular complexity index is 427. The van der Waals surface area contributed by atoms with Crippen LogP contribution in [0.1, 0.15) is 50.5 Å². The van der Waals surface area contributed by atoms with Gasteiger partial charge in [0.05, 0.1) is 6.61 Å². The lowest BCUT2D eigenvalue weighted by molar-refractivity contribution is 0.317. The number of ether oxygens (including phenoxy) is 1. The minimum atomic E-state index is -1.54. The quantitative estimate of drug-likeness (QED) is 0.689. The molecule has 1 aromatic rings. The van der Waals surface area contributed by atoms with Gasteiger partial charge in [0.25, 0.3) is 6.08 Å². The minimum Gasteiger partial charge on any atom is -0.494 e. The first-order chi connectivity index (χ1) is 9.69. The summed E-state index contributed by atoms with van der Waals surface area (Å²) in [6.07, 6.45) is 4.28. The van der Waals surface area contributed by atoms with E-state index in [0.29, 0.717) is 5.92 Å². The van der Waals surface area contributed by atoms with Gasteiger partial charge in [-0.25, -0.2) is 0 Å². The number of hydrogen-bond donors (Lipinski definition) is 0. The van der Waals surface area contributed by atoms with Crippen molar-refractivity contribution in [3.8, 4) is 5.75 Å². The van der Waals surface area contributed by atoms with Gasteiger partial charge in [-0.1, -0.05) is 19.1 Å². The molecule has 0 radical (unpaired) electrons. The topological polar surface area (TPSA) is 9.23 Å². The standard InChI is InChI=1S/C17H22F2O/c1-2-11-20-16-9-7-15(8-10-16)14-5-3-13(4-6-14)12-17(18)19/h7-10,12-14H,2-6,11H2,1H3/t13-,14-. The molecule has 0 bridgehead atoms. The molecule has 0 N–H and O–H groups in total. The highest BCUT2D eigenvalue weighted by Gasteiger charge is 2.21. The predicted molar refractivity (Wildman–Crippen MR) is 77.2 cm³/mol. The summed E-state index contributed by atoms with van der Waals surface area (Å²) in [7, 11) is 0. The van der Waals surface area contributed by atoms with Crippen molar-refractivity contribution in [2.45, 2.75) is 44.9 Å². The highest BCUT2D eigenvalue weighted by molar-refractivity contribution is 5.29. The zero-order valence-electron chi connectivity index (χ0n) is 11.9. The summed E-state index contributed by atoms with van der Waals surface area (Å²) in [5.74, 6) is 1.47. The summed E-state index contributed by atoms with van der Waals surface area (Å²) in [6, 6.07) is 8.25. The smallest absolute Gasteiger partial charge is 0.266 e. The molecule has 1 aliphatic rings. The summed E-state index contributed by atoms with van der Waals surface area (Å²) in [4.78, 5) is 0. The van der Waals surface area contributed by atoms with E-state index in [1.54, 1.807) is 0 Å². The summed E-state index contributed by atoms with van der Waals surface area (Å²) < 4.78 is 30.0. The molecular formula is C17H22F2O. The lowest BCUT2D eigenvalue weighted by atomic mass is 9.79. The minimum absolute atomic E-state index is 0.0587. The average molecular weight is 280 g/mol. The fourth-order valence-corrected chi connectivity index (χ4v) is 2.85. The van der Waals surface area contributed by atoms with Crippen molar-refractivity contribution in [2.75, 3.05) is 6.61 Å². The molecule has 1 saturated carbocycles. The largest absolute Gasteiger partial charge is 0.494 e. The Morgan fingerprint density at radius 2 is 1.80 bits per heavy atom. The molecule has 0 aromatic heterocycles. The van der Waals surface area contributed by atoms with E-state index < -0.39 is 6.08 Å². The van der Waals surface area contributed by atoms with Crippen LogP contribution < -0.4 is 4.74 Å². The van der Waals surface area contributed by atoms with Crippen molar-refractivity contribution in [3.63, 3.8) is 0 Å². The molecule has 0 amide bonds. The molecule has 2 rings (SSSR count). The summed E-state index contributed by atoms with van der Waals surface area (Å²) in [5, 5.41) is 0. The van der Waals surface area contributed by atoms with E-state index in [1.165, 1.54) is 5.56 Å². The Kier molecular flexibility index (Phi) is 5.57. The van der Waals surface area contributed by atoms with Crippen LogP contribution in [0.2, 0.25) is 0 Å². The van der Waals surface area contributed by atoms with Crippen LogP contribution in [0, 0.1) is 5.92 Å². The maximum absolute atomic E-state index is 12.2. The number of hydrogen-bond acceptors (Lipinski definition) is 1. The Labute approximate surface area is 119 Å². The number of halogens is 2. The molecule has 1 aliphatic carbocycles. The van der Waals surface area contributed by atoms with E-state index in [1.807, 2.05) is 12.1 Å². The second-order valence-corrected chi connectivity index (χ2v) is 5.49. The Hall–Kier alpha value is -1.38. The van der Waals surface area contributed by atoms with E-state index in [-0.39, 0.29) is 5.92 Å². The second-order valence-electron chi connectivity index (χ2n) is 5.49. The molecule has 0 unspecified atom stereocenters. The van der Waals surface area contributed by atoms with Crippen molar-refractivity contribution >= 4 is 0 Å². The van der Waals surface area contributed by atoms with Gasteiger partial charge < -0.3 is 4.74 Å². The molecule has 0 aliphatic heterocycles. The van der Waals surface area contributed by atoms with Crippen LogP contribution in [0.5, 0.6) is 5.75 Å². The molecule has 0 atom stereocenters. The SMILES string of the molecule is CCCOc1ccc([C@H]2CC[C@H](C=C(F)F)CC2)cc1. The van der Waals surface area contributed by atoms with Crippen molar-refractivity contribution in [1.29, 1.82) is 0 Å². The van der Waals surface area contributed by atoms with Gasteiger partial charge in [0, 0.05) is 0 Å². The van der Waals surface area contributed by atoms with Gasteiger partial charge in [0.15, 0.2) is 0 Å². The van der Waals surface area contributed by atoms with Gasteiger partial charge in [-0.3, -0.25) is 0 Å². The summed E-state index contributed by atoms with van der Waals surface area (Å²) >= 11 is 0. The predicted octanol–water partition coefficient (Wildman–Crippen LogP) is 5.53. The van der Waals surface area contributed by atoms with Crippen LogP contribution in [0.3, 0.4) is 0 Å². The fourth-order valence-electron chi connectivity index (χ4n) is 2.85. The molecule has 0 heterocycles. The fraction of sp³-hybridized carbons (Fsp3) is 0.529. The maximum Gasteiger partial charge on any atom is 0.266 e. The van der Waals surface area contributed by atoms with Crippen molar-refractivity contribution in [1.82, 2.24) is 0 Å². The monoisotopic (exact) mass is 280 g/mol. The lowest BCUT2D eigenvalue weighted by Crippen LogP contribution is -2.11. The molecule has 1 fully saturated rings. The number of benzene rings is 1. The molecule has 1 nitrogen and oxygen atoms in total. The van der Waals surface area contributed by atoms with Gasteiger partial charge in [0.2, 0.25) is 0 Å². The lowest BCUT2D eigenvalue weighted by Gasteiger charge is -2.26. The third-order valence-electron chi connectivity index (χ3n) is 3.96. The maximum atomic E-state index is 12.2. The zero-order valence-corrected chi connectivity index (χ0v) is 11.9. The van der Waals surface area contributed by atoms with Gasteiger partial charge in [0.1, 0.15) is 5.75 Å². The Balaban J connectivity index is 1.88. The van der Waals surface area contributed by atoms with Crippen molar-refractivity contribution < 1.29 is 13.5 Å². The van der Waals surface area contributed by atoms with E-state index in [0.717, 1.165) is 50.5 Å². The Morgan fingerprint density at radius 3 is 2.35 bits per heavy atom. The molecule has 20 heavy (non-hydrogen) atoms. The first-order valence-electron chi connectivity index (χ1n) is 7.44. The van der Waals surface area contributed by atoms with E-state index >= 15 is 0 Å². The van der Waals surface area contributed by atoms with Crippen LogP contribution in [-0.4, -0.2) is 6.61 Å². The summed E-state index contributed by atoms with van der Waals surface area (Å²) in [6.45, 7) is 2.83. The molecule has 110 valence electrons. The highest BCUT2D eigenvalue weighted by Crippen LogP contribution is 2.37. The molecule has 3 heteroatoms. The number of allylic oxidation sites excluding steroid dienone is 1. The van der Waals surface area contributed by atoms with Gasteiger partial charge in [-0.15, -0.1) is 0 Å². The first-order valence-corrected chi connectivity index (χ1v) is 7.44. The zero-order chi connectivity index (χ0) is 14.4. The van der Waals surface area contributed by atoms with Crippen molar-refractivity contribution in [3.05, 3.63) is 42.0 Å². The normalized spacial score (nSPS) is 22.4. The van der Waals surface area contributed by atoms with Crippen molar-refractivity contribution in [2.24, 2.45) is 5.92 Å².